The molecule has 5 heteroatoms. The van der Waals surface area contributed by atoms with Gasteiger partial charge in [0, 0.05) is 0 Å². The number of ether oxygens (including phenoxy) is 2. The van der Waals surface area contributed by atoms with E-state index >= 15 is 0 Å². The Morgan fingerprint density at radius 3 is 1.88 bits per heavy atom. The molecule has 24 heavy (non-hydrogen) atoms. The Morgan fingerprint density at radius 2 is 1.38 bits per heavy atom. The second-order valence-electron chi connectivity index (χ2n) is 5.09. The van der Waals surface area contributed by atoms with Crippen molar-refractivity contribution >= 4 is 11.9 Å². The smallest absolute Gasteiger partial charge is 0.391 e. The Labute approximate surface area is 140 Å². The van der Waals surface area contributed by atoms with Crippen molar-refractivity contribution in [3.05, 3.63) is 83.2 Å². The van der Waals surface area contributed by atoms with Gasteiger partial charge in [-0.15, -0.1) is 0 Å². The summed E-state index contributed by atoms with van der Waals surface area (Å²) in [4.78, 5) is 26.9. The molecule has 0 saturated carbocycles. The van der Waals surface area contributed by atoms with Gasteiger partial charge in [0.05, 0.1) is 0 Å². The highest BCUT2D eigenvalue weighted by molar-refractivity contribution is 5.84. The number of hydrogen-bond donors (Lipinski definition) is 0. The third kappa shape index (κ3) is 5.58. The third-order valence-corrected chi connectivity index (χ3v) is 3.25. The predicted octanol–water partition coefficient (Wildman–Crippen LogP) is 3.15. The van der Waals surface area contributed by atoms with E-state index in [1.165, 1.54) is 0 Å². The zero-order chi connectivity index (χ0) is 17.2. The van der Waals surface area contributed by atoms with E-state index in [9.17, 15) is 9.59 Å². The summed E-state index contributed by atoms with van der Waals surface area (Å²) in [5, 5.41) is 0. The molecule has 2 rings (SSSR count). The molecule has 0 saturated heterocycles. The minimum Gasteiger partial charge on any atom is -0.461 e. The highest BCUT2D eigenvalue weighted by Crippen LogP contribution is 2.08. The summed E-state index contributed by atoms with van der Waals surface area (Å²) < 4.78 is 10.2. The van der Waals surface area contributed by atoms with Crippen LogP contribution in [0.2, 0.25) is 0 Å². The van der Waals surface area contributed by atoms with Crippen LogP contribution in [0.25, 0.3) is 4.85 Å². The van der Waals surface area contributed by atoms with Crippen LogP contribution in [-0.2, 0) is 32.3 Å². The zero-order valence-electron chi connectivity index (χ0n) is 13.1. The fourth-order valence-corrected chi connectivity index (χ4v) is 1.96. The van der Waals surface area contributed by atoms with Gasteiger partial charge in [0.25, 0.3) is 0 Å². The summed E-state index contributed by atoms with van der Waals surface area (Å²) in [5.74, 6) is -1.32. The highest BCUT2D eigenvalue weighted by Gasteiger charge is 2.29. The zero-order valence-corrected chi connectivity index (χ0v) is 13.1. The van der Waals surface area contributed by atoms with Crippen molar-refractivity contribution in [2.24, 2.45) is 0 Å². The van der Waals surface area contributed by atoms with Gasteiger partial charge in [-0.2, -0.15) is 0 Å². The minimum atomic E-state index is -1.18. The molecule has 2 aromatic rings. The maximum absolute atomic E-state index is 11.9. The molecule has 0 aromatic heterocycles. The van der Waals surface area contributed by atoms with E-state index in [1.54, 1.807) is 0 Å². The van der Waals surface area contributed by atoms with Gasteiger partial charge in [-0.05, 0) is 11.1 Å². The van der Waals surface area contributed by atoms with Crippen LogP contribution in [0.3, 0.4) is 0 Å². The predicted molar refractivity (Wildman–Crippen MR) is 87.5 cm³/mol. The standard InChI is InChI=1S/C19H17NO4/c1-20-17(19(22)24-14-16-10-6-3-7-11-16)12-18(21)23-13-15-8-4-2-5-9-15/h2-11,17H,12-14H2. The number of esters is 2. The van der Waals surface area contributed by atoms with Crippen LogP contribution >= 0.6 is 0 Å². The normalized spacial score (nSPS) is 11.1. The van der Waals surface area contributed by atoms with Gasteiger partial charge in [0.1, 0.15) is 19.6 Å². The number of carbonyl (C=O) groups excluding carboxylic acids is 2. The Bertz CT molecular complexity index is 707. The molecule has 0 aliphatic rings. The lowest BCUT2D eigenvalue weighted by Crippen LogP contribution is -2.24. The van der Waals surface area contributed by atoms with Gasteiger partial charge in [-0.3, -0.25) is 4.79 Å². The Balaban J connectivity index is 1.79. The first-order chi connectivity index (χ1) is 11.7. The number of rotatable bonds is 7. The van der Waals surface area contributed by atoms with Crippen LogP contribution < -0.4 is 0 Å². The van der Waals surface area contributed by atoms with Crippen molar-refractivity contribution in [1.29, 1.82) is 0 Å². The topological polar surface area (TPSA) is 57.0 Å². The third-order valence-electron chi connectivity index (χ3n) is 3.25. The fraction of sp³-hybridized carbons (Fsp3) is 0.211. The van der Waals surface area contributed by atoms with Crippen molar-refractivity contribution in [3.63, 3.8) is 0 Å². The van der Waals surface area contributed by atoms with Crippen LogP contribution in [0.4, 0.5) is 0 Å². The first-order valence-corrected chi connectivity index (χ1v) is 7.45. The van der Waals surface area contributed by atoms with E-state index in [1.807, 2.05) is 60.7 Å². The maximum atomic E-state index is 11.9. The van der Waals surface area contributed by atoms with E-state index in [0.717, 1.165) is 11.1 Å². The molecule has 0 radical (unpaired) electrons. The molecule has 122 valence electrons. The van der Waals surface area contributed by atoms with Gasteiger partial charge >= 0.3 is 18.0 Å². The first kappa shape index (κ1) is 17.2. The molecule has 0 bridgehead atoms. The van der Waals surface area contributed by atoms with E-state index < -0.39 is 18.0 Å². The van der Waals surface area contributed by atoms with Gasteiger partial charge < -0.3 is 14.3 Å². The SMILES string of the molecule is [C-]#[N+]C(CC(=O)OCc1ccccc1)C(=O)OCc1ccccc1. The Hall–Kier alpha value is -3.13. The summed E-state index contributed by atoms with van der Waals surface area (Å²) in [6, 6.07) is 17.2. The summed E-state index contributed by atoms with van der Waals surface area (Å²) in [6.45, 7) is 7.27. The van der Waals surface area contributed by atoms with Crippen molar-refractivity contribution in [2.75, 3.05) is 0 Å². The van der Waals surface area contributed by atoms with Crippen LogP contribution in [0.5, 0.6) is 0 Å². The molecular weight excluding hydrogens is 306 g/mol. The Morgan fingerprint density at radius 1 is 0.875 bits per heavy atom. The monoisotopic (exact) mass is 323 g/mol. The number of benzene rings is 2. The average Bonchev–Trinajstić information content (AvgIpc) is 2.64. The molecular formula is C19H17NO4. The number of hydrogen-bond acceptors (Lipinski definition) is 4. The Kier molecular flexibility index (Phi) is 6.54. The van der Waals surface area contributed by atoms with Crippen LogP contribution in [0.1, 0.15) is 17.5 Å². The van der Waals surface area contributed by atoms with Crippen LogP contribution in [0.15, 0.2) is 60.7 Å². The first-order valence-electron chi connectivity index (χ1n) is 7.45. The largest absolute Gasteiger partial charge is 0.461 e. The highest BCUT2D eigenvalue weighted by atomic mass is 16.5. The van der Waals surface area contributed by atoms with E-state index in [-0.39, 0.29) is 19.6 Å². The lowest BCUT2D eigenvalue weighted by atomic mass is 10.2. The van der Waals surface area contributed by atoms with Crippen LogP contribution in [0, 0.1) is 6.57 Å². The van der Waals surface area contributed by atoms with Gasteiger partial charge in [-0.1, -0.05) is 60.7 Å². The molecule has 1 unspecified atom stereocenters. The molecule has 2 aromatic carbocycles. The second kappa shape index (κ2) is 9.11. The fourth-order valence-electron chi connectivity index (χ4n) is 1.96. The lowest BCUT2D eigenvalue weighted by Gasteiger charge is -2.08. The van der Waals surface area contributed by atoms with E-state index in [0.29, 0.717) is 0 Å². The number of carbonyl (C=O) groups is 2. The molecule has 0 spiro atoms. The van der Waals surface area contributed by atoms with Crippen molar-refractivity contribution in [2.45, 2.75) is 25.7 Å². The molecule has 5 nitrogen and oxygen atoms in total. The molecule has 0 N–H and O–H groups in total. The summed E-state index contributed by atoms with van der Waals surface area (Å²) in [7, 11) is 0. The molecule has 0 heterocycles. The lowest BCUT2D eigenvalue weighted by molar-refractivity contribution is -0.152. The molecule has 1 atom stereocenters. The van der Waals surface area contributed by atoms with Gasteiger partial charge in [0.15, 0.2) is 0 Å². The van der Waals surface area contributed by atoms with Gasteiger partial charge in [-0.25, -0.2) is 11.4 Å². The summed E-state index contributed by atoms with van der Waals surface area (Å²) in [5.41, 5.74) is 1.66. The average molecular weight is 323 g/mol. The molecule has 0 fully saturated rings. The quantitative estimate of drug-likeness (QED) is 0.580. The van der Waals surface area contributed by atoms with E-state index in [4.69, 9.17) is 16.0 Å². The van der Waals surface area contributed by atoms with Crippen LogP contribution in [-0.4, -0.2) is 18.0 Å². The molecule has 0 amide bonds. The van der Waals surface area contributed by atoms with Crippen molar-refractivity contribution in [3.8, 4) is 0 Å². The maximum Gasteiger partial charge on any atom is 0.391 e. The molecule has 0 aliphatic heterocycles. The van der Waals surface area contributed by atoms with Gasteiger partial charge in [0.2, 0.25) is 0 Å². The molecule has 0 aliphatic carbocycles. The van der Waals surface area contributed by atoms with Crippen molar-refractivity contribution < 1.29 is 19.1 Å². The summed E-state index contributed by atoms with van der Waals surface area (Å²) in [6.07, 6.45) is -0.316. The summed E-state index contributed by atoms with van der Waals surface area (Å²) >= 11 is 0. The second-order valence-corrected chi connectivity index (χ2v) is 5.09. The minimum absolute atomic E-state index is 0.0742. The number of nitrogens with zero attached hydrogens (tertiary/aromatic N) is 1. The van der Waals surface area contributed by atoms with E-state index in [2.05, 4.69) is 4.85 Å². The van der Waals surface area contributed by atoms with Crippen molar-refractivity contribution in [1.82, 2.24) is 0 Å².